The van der Waals surface area contributed by atoms with Gasteiger partial charge in [0, 0.05) is 25.0 Å². The average Bonchev–Trinajstić information content (AvgIpc) is 2.73. The summed E-state index contributed by atoms with van der Waals surface area (Å²) in [5.74, 6) is 0. The van der Waals surface area contributed by atoms with Gasteiger partial charge in [0.25, 0.3) is 0 Å². The van der Waals surface area contributed by atoms with Gasteiger partial charge in [-0.1, -0.05) is 6.07 Å². The summed E-state index contributed by atoms with van der Waals surface area (Å²) in [6.07, 6.45) is 6.89. The van der Waals surface area contributed by atoms with Crippen molar-refractivity contribution in [2.24, 2.45) is 0 Å². The highest BCUT2D eigenvalue weighted by molar-refractivity contribution is 5.12. The van der Waals surface area contributed by atoms with Crippen molar-refractivity contribution in [1.82, 2.24) is 10.3 Å². The number of rotatable bonds is 4. The number of pyridine rings is 1. The molecule has 0 amide bonds. The lowest BCUT2D eigenvalue weighted by molar-refractivity contribution is 0.0546. The molecule has 1 fully saturated rings. The smallest absolute Gasteiger partial charge is 0.0704 e. The van der Waals surface area contributed by atoms with Gasteiger partial charge in [0.2, 0.25) is 0 Å². The number of hydrogen-bond acceptors (Lipinski definition) is 3. The van der Waals surface area contributed by atoms with Crippen molar-refractivity contribution in [1.29, 1.82) is 0 Å². The van der Waals surface area contributed by atoms with Crippen molar-refractivity contribution in [2.75, 3.05) is 6.54 Å². The lowest BCUT2D eigenvalue weighted by Crippen LogP contribution is -2.29. The molecule has 1 saturated heterocycles. The maximum atomic E-state index is 5.77. The molecule has 0 aliphatic carbocycles. The molecule has 0 radical (unpaired) electrons. The molecule has 2 heterocycles. The lowest BCUT2D eigenvalue weighted by atomic mass is 10.1. The number of nitrogens with one attached hydrogen (secondary N) is 1. The highest BCUT2D eigenvalue weighted by Gasteiger charge is 2.21. The average molecular weight is 220 g/mol. The first kappa shape index (κ1) is 11.6. The van der Waals surface area contributed by atoms with E-state index in [4.69, 9.17) is 4.74 Å². The summed E-state index contributed by atoms with van der Waals surface area (Å²) in [5.41, 5.74) is 1.23. The summed E-state index contributed by atoms with van der Waals surface area (Å²) in [6, 6.07) is 4.41. The molecule has 1 aromatic heterocycles. The van der Waals surface area contributed by atoms with E-state index in [9.17, 15) is 0 Å². The summed E-state index contributed by atoms with van der Waals surface area (Å²) >= 11 is 0. The van der Waals surface area contributed by atoms with E-state index in [0.29, 0.717) is 18.2 Å². The van der Waals surface area contributed by atoms with Crippen LogP contribution in [0.4, 0.5) is 0 Å². The van der Waals surface area contributed by atoms with Crippen LogP contribution in [0.25, 0.3) is 0 Å². The fourth-order valence-corrected chi connectivity index (χ4v) is 2.09. The Kier molecular flexibility index (Phi) is 3.91. The molecule has 3 nitrogen and oxygen atoms in total. The van der Waals surface area contributed by atoms with Gasteiger partial charge in [0.1, 0.15) is 0 Å². The Morgan fingerprint density at radius 2 is 2.44 bits per heavy atom. The molecule has 3 atom stereocenters. The highest BCUT2D eigenvalue weighted by Crippen LogP contribution is 2.19. The maximum Gasteiger partial charge on any atom is 0.0704 e. The van der Waals surface area contributed by atoms with Gasteiger partial charge in [-0.05, 0) is 38.3 Å². The third-order valence-electron chi connectivity index (χ3n) is 3.16. The molecule has 1 aliphatic rings. The molecule has 16 heavy (non-hydrogen) atoms. The molecule has 1 N–H and O–H groups in total. The van der Waals surface area contributed by atoms with Gasteiger partial charge in [-0.2, -0.15) is 0 Å². The van der Waals surface area contributed by atoms with Crippen molar-refractivity contribution in [2.45, 2.75) is 44.9 Å². The monoisotopic (exact) mass is 220 g/mol. The van der Waals surface area contributed by atoms with Crippen LogP contribution < -0.4 is 5.32 Å². The van der Waals surface area contributed by atoms with Crippen LogP contribution in [-0.4, -0.2) is 23.7 Å². The van der Waals surface area contributed by atoms with Crippen LogP contribution in [-0.2, 0) is 4.74 Å². The first-order chi connectivity index (χ1) is 7.75. The normalized spacial score (nSPS) is 26.9. The van der Waals surface area contributed by atoms with E-state index in [2.05, 4.69) is 30.2 Å². The fraction of sp³-hybridized carbons (Fsp3) is 0.615. The zero-order chi connectivity index (χ0) is 11.4. The van der Waals surface area contributed by atoms with E-state index >= 15 is 0 Å². The van der Waals surface area contributed by atoms with E-state index in [0.717, 1.165) is 6.54 Å². The highest BCUT2D eigenvalue weighted by atomic mass is 16.5. The molecule has 0 bridgehead atoms. The van der Waals surface area contributed by atoms with Crippen molar-refractivity contribution in [3.8, 4) is 0 Å². The summed E-state index contributed by atoms with van der Waals surface area (Å²) < 4.78 is 5.77. The maximum absolute atomic E-state index is 5.77. The van der Waals surface area contributed by atoms with Crippen molar-refractivity contribution in [3.63, 3.8) is 0 Å². The Labute approximate surface area is 97.2 Å². The molecular formula is C13H20N2O. The van der Waals surface area contributed by atoms with Crippen LogP contribution in [0.1, 0.15) is 38.3 Å². The predicted molar refractivity (Wildman–Crippen MR) is 64.2 cm³/mol. The minimum atomic E-state index is 0.341. The number of aromatic nitrogens is 1. The van der Waals surface area contributed by atoms with E-state index in [1.807, 2.05) is 12.3 Å². The molecule has 2 rings (SSSR count). The van der Waals surface area contributed by atoms with Gasteiger partial charge in [-0.3, -0.25) is 4.98 Å². The van der Waals surface area contributed by atoms with Crippen LogP contribution in [0.2, 0.25) is 0 Å². The van der Waals surface area contributed by atoms with Crippen molar-refractivity contribution >= 4 is 0 Å². The molecule has 3 heteroatoms. The number of ether oxygens (including phenoxy) is 1. The first-order valence-electron chi connectivity index (χ1n) is 6.04. The topological polar surface area (TPSA) is 34.2 Å². The Bertz CT molecular complexity index is 315. The van der Waals surface area contributed by atoms with Crippen LogP contribution >= 0.6 is 0 Å². The molecule has 0 spiro atoms. The van der Waals surface area contributed by atoms with Crippen molar-refractivity contribution in [3.05, 3.63) is 30.1 Å². The zero-order valence-electron chi connectivity index (χ0n) is 10.0. The van der Waals surface area contributed by atoms with Gasteiger partial charge in [0.15, 0.2) is 0 Å². The fourth-order valence-electron chi connectivity index (χ4n) is 2.09. The number of nitrogens with zero attached hydrogens (tertiary/aromatic N) is 1. The molecule has 1 aliphatic heterocycles. The van der Waals surface area contributed by atoms with Gasteiger partial charge in [-0.15, -0.1) is 0 Å². The van der Waals surface area contributed by atoms with Crippen LogP contribution in [0.5, 0.6) is 0 Å². The standard InChI is InChI=1S/C13H20N2O/c1-10-5-6-13(16-10)9-15-11(2)12-4-3-7-14-8-12/h3-4,7-8,10-11,13,15H,5-6,9H2,1-2H3. The molecule has 3 unspecified atom stereocenters. The van der Waals surface area contributed by atoms with Gasteiger partial charge in [-0.25, -0.2) is 0 Å². The Balaban J connectivity index is 1.78. The minimum Gasteiger partial charge on any atom is -0.374 e. The van der Waals surface area contributed by atoms with E-state index in [-0.39, 0.29) is 0 Å². The van der Waals surface area contributed by atoms with Gasteiger partial charge >= 0.3 is 0 Å². The molecule has 0 saturated carbocycles. The third kappa shape index (κ3) is 3.03. The zero-order valence-corrected chi connectivity index (χ0v) is 10.0. The third-order valence-corrected chi connectivity index (χ3v) is 3.16. The van der Waals surface area contributed by atoms with E-state index < -0.39 is 0 Å². The van der Waals surface area contributed by atoms with Crippen LogP contribution in [0.3, 0.4) is 0 Å². The minimum absolute atomic E-state index is 0.341. The summed E-state index contributed by atoms with van der Waals surface area (Å²) in [6.45, 7) is 5.24. The number of hydrogen-bond donors (Lipinski definition) is 1. The molecule has 88 valence electrons. The summed E-state index contributed by atoms with van der Waals surface area (Å²) in [5, 5.41) is 3.50. The second-order valence-corrected chi connectivity index (χ2v) is 4.56. The lowest BCUT2D eigenvalue weighted by Gasteiger charge is -2.17. The summed E-state index contributed by atoms with van der Waals surface area (Å²) in [7, 11) is 0. The molecular weight excluding hydrogens is 200 g/mol. The largest absolute Gasteiger partial charge is 0.374 e. The molecule has 1 aromatic rings. The van der Waals surface area contributed by atoms with Crippen LogP contribution in [0.15, 0.2) is 24.5 Å². The first-order valence-corrected chi connectivity index (χ1v) is 6.04. The predicted octanol–water partition coefficient (Wildman–Crippen LogP) is 2.30. The van der Waals surface area contributed by atoms with Crippen LogP contribution in [0, 0.1) is 0 Å². The van der Waals surface area contributed by atoms with Crippen molar-refractivity contribution < 1.29 is 4.74 Å². The summed E-state index contributed by atoms with van der Waals surface area (Å²) in [4.78, 5) is 4.13. The second kappa shape index (κ2) is 5.41. The van der Waals surface area contributed by atoms with E-state index in [1.165, 1.54) is 18.4 Å². The Hall–Kier alpha value is -0.930. The SMILES string of the molecule is CC1CCC(CNC(C)c2cccnc2)O1. The Morgan fingerprint density at radius 3 is 3.06 bits per heavy atom. The second-order valence-electron chi connectivity index (χ2n) is 4.56. The quantitative estimate of drug-likeness (QED) is 0.845. The van der Waals surface area contributed by atoms with Gasteiger partial charge < -0.3 is 10.1 Å². The molecule has 0 aromatic carbocycles. The Morgan fingerprint density at radius 1 is 1.56 bits per heavy atom. The van der Waals surface area contributed by atoms with E-state index in [1.54, 1.807) is 6.20 Å². The van der Waals surface area contributed by atoms with Gasteiger partial charge in [0.05, 0.1) is 12.2 Å².